The monoisotopic (exact) mass is 401 g/mol. The number of carbonyl (C=O) groups is 1. The summed E-state index contributed by atoms with van der Waals surface area (Å²) in [5.41, 5.74) is 1.64. The molecule has 0 unspecified atom stereocenters. The van der Waals surface area contributed by atoms with Gasteiger partial charge in [0, 0.05) is 31.3 Å². The van der Waals surface area contributed by atoms with Crippen molar-refractivity contribution in [2.45, 2.75) is 30.6 Å². The lowest BCUT2D eigenvalue weighted by Gasteiger charge is -2.29. The molecule has 3 heterocycles. The summed E-state index contributed by atoms with van der Waals surface area (Å²) in [6, 6.07) is 8.39. The van der Waals surface area contributed by atoms with E-state index in [1.165, 1.54) is 12.5 Å². The van der Waals surface area contributed by atoms with Gasteiger partial charge in [-0.15, -0.1) is 0 Å². The van der Waals surface area contributed by atoms with Crippen LogP contribution in [0.25, 0.3) is 11.6 Å². The van der Waals surface area contributed by atoms with E-state index < -0.39 is 9.84 Å². The van der Waals surface area contributed by atoms with Crippen LogP contribution in [0.4, 0.5) is 5.69 Å². The van der Waals surface area contributed by atoms with E-state index in [1.807, 2.05) is 0 Å². The van der Waals surface area contributed by atoms with Crippen LogP contribution in [-0.2, 0) is 27.5 Å². The van der Waals surface area contributed by atoms with Crippen molar-refractivity contribution >= 4 is 21.4 Å². The fourth-order valence-corrected chi connectivity index (χ4v) is 3.95. The summed E-state index contributed by atoms with van der Waals surface area (Å²) in [7, 11) is -3.28. The highest BCUT2D eigenvalue weighted by atomic mass is 32.2. The van der Waals surface area contributed by atoms with E-state index in [-0.39, 0.29) is 17.2 Å². The summed E-state index contributed by atoms with van der Waals surface area (Å²) in [5, 5.41) is 3.86. The molecule has 146 valence electrons. The number of aryl methyl sites for hydroxylation is 2. The molecule has 4 rings (SSSR count). The molecule has 0 N–H and O–H groups in total. The molecule has 0 saturated heterocycles. The summed E-state index contributed by atoms with van der Waals surface area (Å²) < 4.78 is 34.0. The highest BCUT2D eigenvalue weighted by Gasteiger charge is 2.24. The SMILES string of the molecule is CS(=O)(=O)c1ccc2c(c1)CCCN2C(=O)CCc1nc(-c2ccco2)no1. The average molecular weight is 401 g/mol. The summed E-state index contributed by atoms with van der Waals surface area (Å²) in [5.74, 6) is 1.16. The molecule has 0 bridgehead atoms. The first-order valence-electron chi connectivity index (χ1n) is 8.91. The number of hydrogen-bond donors (Lipinski definition) is 0. The van der Waals surface area contributed by atoms with Gasteiger partial charge in [-0.3, -0.25) is 4.79 Å². The Kier molecular flexibility index (Phi) is 4.76. The first-order valence-corrected chi connectivity index (χ1v) is 10.8. The van der Waals surface area contributed by atoms with Crippen molar-refractivity contribution in [3.63, 3.8) is 0 Å². The molecule has 0 fully saturated rings. The quantitative estimate of drug-likeness (QED) is 0.647. The third-order valence-electron chi connectivity index (χ3n) is 4.66. The molecule has 1 aliphatic rings. The van der Waals surface area contributed by atoms with Gasteiger partial charge in [0.2, 0.25) is 17.6 Å². The number of sulfone groups is 1. The van der Waals surface area contributed by atoms with Crippen LogP contribution in [0, 0.1) is 0 Å². The molecule has 0 saturated carbocycles. The Hall–Kier alpha value is -2.94. The fourth-order valence-electron chi connectivity index (χ4n) is 3.27. The first-order chi connectivity index (χ1) is 13.4. The standard InChI is InChI=1S/C19H19N3O5S/c1-28(24,25)14-6-7-15-13(12-14)4-2-10-22(15)18(23)9-8-17-20-19(21-27-17)16-5-3-11-26-16/h3,5-7,11-12H,2,4,8-10H2,1H3. The predicted molar refractivity (Wildman–Crippen MR) is 101 cm³/mol. The van der Waals surface area contributed by atoms with Crippen molar-refractivity contribution in [2.24, 2.45) is 0 Å². The summed E-state index contributed by atoms with van der Waals surface area (Å²) in [6.07, 6.45) is 4.78. The highest BCUT2D eigenvalue weighted by molar-refractivity contribution is 7.90. The molecule has 0 aliphatic carbocycles. The van der Waals surface area contributed by atoms with Crippen LogP contribution in [0.1, 0.15) is 24.3 Å². The van der Waals surface area contributed by atoms with Gasteiger partial charge in [0.1, 0.15) is 0 Å². The minimum atomic E-state index is -3.28. The minimum Gasteiger partial charge on any atom is -0.461 e. The first kappa shape index (κ1) is 18.4. The number of amides is 1. The smallest absolute Gasteiger partial charge is 0.238 e. The Morgan fingerprint density at radius 1 is 1.29 bits per heavy atom. The van der Waals surface area contributed by atoms with Crippen LogP contribution in [0.15, 0.2) is 50.4 Å². The minimum absolute atomic E-state index is 0.0641. The third kappa shape index (κ3) is 3.70. The van der Waals surface area contributed by atoms with E-state index in [1.54, 1.807) is 35.2 Å². The Bertz CT molecular complexity index is 1100. The van der Waals surface area contributed by atoms with Crippen LogP contribution >= 0.6 is 0 Å². The number of rotatable bonds is 5. The van der Waals surface area contributed by atoms with E-state index in [4.69, 9.17) is 8.94 Å². The topological polar surface area (TPSA) is 107 Å². The van der Waals surface area contributed by atoms with Gasteiger partial charge in [0.15, 0.2) is 15.6 Å². The van der Waals surface area contributed by atoms with E-state index in [9.17, 15) is 13.2 Å². The maximum atomic E-state index is 12.8. The lowest BCUT2D eigenvalue weighted by Crippen LogP contribution is -2.35. The van der Waals surface area contributed by atoms with Gasteiger partial charge in [-0.1, -0.05) is 5.16 Å². The number of hydrogen-bond acceptors (Lipinski definition) is 7. The maximum Gasteiger partial charge on any atom is 0.238 e. The second-order valence-electron chi connectivity index (χ2n) is 6.70. The number of nitrogens with zero attached hydrogens (tertiary/aromatic N) is 3. The van der Waals surface area contributed by atoms with Gasteiger partial charge < -0.3 is 13.8 Å². The highest BCUT2D eigenvalue weighted by Crippen LogP contribution is 2.30. The Balaban J connectivity index is 1.46. The molecule has 0 radical (unpaired) electrons. The second kappa shape index (κ2) is 7.23. The Morgan fingerprint density at radius 2 is 2.14 bits per heavy atom. The molecule has 2 aromatic heterocycles. The molecule has 0 spiro atoms. The van der Waals surface area contributed by atoms with Crippen LogP contribution in [-0.4, -0.2) is 37.3 Å². The molecular weight excluding hydrogens is 382 g/mol. The third-order valence-corrected chi connectivity index (χ3v) is 5.77. The molecular formula is C19H19N3O5S. The lowest BCUT2D eigenvalue weighted by molar-refractivity contribution is -0.118. The summed E-state index contributed by atoms with van der Waals surface area (Å²) >= 11 is 0. The summed E-state index contributed by atoms with van der Waals surface area (Å²) in [4.78, 5) is 19.0. The van der Waals surface area contributed by atoms with Crippen molar-refractivity contribution in [2.75, 3.05) is 17.7 Å². The van der Waals surface area contributed by atoms with Gasteiger partial charge in [-0.05, 0) is 48.7 Å². The molecule has 1 aromatic carbocycles. The second-order valence-corrected chi connectivity index (χ2v) is 8.72. The summed E-state index contributed by atoms with van der Waals surface area (Å²) in [6.45, 7) is 0.603. The molecule has 3 aromatic rings. The maximum absolute atomic E-state index is 12.8. The van der Waals surface area contributed by atoms with Gasteiger partial charge in [-0.2, -0.15) is 4.98 Å². The van der Waals surface area contributed by atoms with Gasteiger partial charge in [0.05, 0.1) is 11.2 Å². The zero-order chi connectivity index (χ0) is 19.7. The Morgan fingerprint density at radius 3 is 2.89 bits per heavy atom. The van der Waals surface area contributed by atoms with Crippen molar-refractivity contribution < 1.29 is 22.2 Å². The molecule has 28 heavy (non-hydrogen) atoms. The number of carbonyl (C=O) groups excluding carboxylic acids is 1. The van der Waals surface area contributed by atoms with E-state index >= 15 is 0 Å². The fraction of sp³-hybridized carbons (Fsp3) is 0.316. The van der Waals surface area contributed by atoms with Crippen LogP contribution in [0.2, 0.25) is 0 Å². The van der Waals surface area contributed by atoms with E-state index in [0.717, 1.165) is 24.1 Å². The molecule has 0 atom stereocenters. The van der Waals surface area contributed by atoms with Gasteiger partial charge in [0.25, 0.3) is 0 Å². The number of anilines is 1. The largest absolute Gasteiger partial charge is 0.461 e. The molecule has 1 aliphatic heterocycles. The molecule has 9 heteroatoms. The van der Waals surface area contributed by atoms with Gasteiger partial charge >= 0.3 is 0 Å². The van der Waals surface area contributed by atoms with Crippen LogP contribution in [0.5, 0.6) is 0 Å². The van der Waals surface area contributed by atoms with E-state index in [2.05, 4.69) is 10.1 Å². The van der Waals surface area contributed by atoms with Crippen molar-refractivity contribution in [3.05, 3.63) is 48.0 Å². The van der Waals surface area contributed by atoms with Crippen LogP contribution in [0.3, 0.4) is 0 Å². The molecule has 8 nitrogen and oxygen atoms in total. The number of benzene rings is 1. The van der Waals surface area contributed by atoms with Crippen molar-refractivity contribution in [1.29, 1.82) is 0 Å². The van der Waals surface area contributed by atoms with Crippen molar-refractivity contribution in [3.8, 4) is 11.6 Å². The normalized spacial score (nSPS) is 14.1. The Labute approximate surface area is 162 Å². The van der Waals surface area contributed by atoms with Crippen LogP contribution < -0.4 is 4.90 Å². The van der Waals surface area contributed by atoms with E-state index in [0.29, 0.717) is 30.4 Å². The van der Waals surface area contributed by atoms with Gasteiger partial charge in [-0.25, -0.2) is 8.42 Å². The lowest BCUT2D eigenvalue weighted by atomic mass is 10.0. The zero-order valence-electron chi connectivity index (χ0n) is 15.3. The average Bonchev–Trinajstić information content (AvgIpc) is 3.36. The molecule has 1 amide bonds. The van der Waals surface area contributed by atoms with Crippen molar-refractivity contribution in [1.82, 2.24) is 10.1 Å². The number of furan rings is 1. The zero-order valence-corrected chi connectivity index (χ0v) is 16.1. The number of aromatic nitrogens is 2. The number of fused-ring (bicyclic) bond motifs is 1. The predicted octanol–water partition coefficient (Wildman–Crippen LogP) is 2.65.